The molecule has 3 atom stereocenters. The van der Waals surface area contributed by atoms with Gasteiger partial charge in [-0.1, -0.05) is 12.1 Å². The molecule has 29 heavy (non-hydrogen) atoms. The van der Waals surface area contributed by atoms with Crippen LogP contribution in [-0.2, 0) is 4.79 Å². The van der Waals surface area contributed by atoms with Crippen LogP contribution in [0.2, 0.25) is 0 Å². The van der Waals surface area contributed by atoms with Crippen LogP contribution in [0.4, 0.5) is 0 Å². The van der Waals surface area contributed by atoms with Gasteiger partial charge in [0.1, 0.15) is 11.4 Å². The van der Waals surface area contributed by atoms with Gasteiger partial charge in [0.2, 0.25) is 0 Å². The van der Waals surface area contributed by atoms with Crippen LogP contribution < -0.4 is 10.1 Å². The second-order valence-electron chi connectivity index (χ2n) is 7.98. The van der Waals surface area contributed by atoms with Gasteiger partial charge in [-0.25, -0.2) is 4.98 Å². The highest BCUT2D eigenvalue weighted by atomic mass is 16.5. The summed E-state index contributed by atoms with van der Waals surface area (Å²) < 4.78 is 5.71. The summed E-state index contributed by atoms with van der Waals surface area (Å²) in [4.78, 5) is 35.5. The lowest BCUT2D eigenvalue weighted by atomic mass is 9.97. The van der Waals surface area contributed by atoms with Crippen molar-refractivity contribution in [3.8, 4) is 5.75 Å². The molecule has 2 amide bonds. The number of hydrogen-bond donors (Lipinski definition) is 1. The Morgan fingerprint density at radius 3 is 2.55 bits per heavy atom. The molecule has 2 aromatic rings. The Morgan fingerprint density at radius 2 is 1.90 bits per heavy atom. The zero-order valence-corrected chi connectivity index (χ0v) is 16.8. The lowest BCUT2D eigenvalue weighted by molar-refractivity contribution is -0.138. The summed E-state index contributed by atoms with van der Waals surface area (Å²) in [5, 5.41) is 3.07. The molecular formula is C22H26N4O3. The van der Waals surface area contributed by atoms with E-state index in [1.165, 1.54) is 6.20 Å². The van der Waals surface area contributed by atoms with Crippen LogP contribution in [-0.4, -0.2) is 51.4 Å². The Balaban J connectivity index is 1.33. The van der Waals surface area contributed by atoms with Crippen molar-refractivity contribution in [3.63, 3.8) is 0 Å². The van der Waals surface area contributed by atoms with Gasteiger partial charge in [-0.3, -0.25) is 14.6 Å². The Labute approximate surface area is 170 Å². The number of nitrogens with zero attached hydrogens (tertiary/aromatic N) is 3. The highest BCUT2D eigenvalue weighted by Gasteiger charge is 2.43. The van der Waals surface area contributed by atoms with E-state index < -0.39 is 0 Å². The van der Waals surface area contributed by atoms with E-state index in [1.54, 1.807) is 6.20 Å². The average molecular weight is 394 g/mol. The zero-order chi connectivity index (χ0) is 20.4. The number of carbonyl (C=O) groups is 2. The van der Waals surface area contributed by atoms with Crippen molar-refractivity contribution in [3.05, 3.63) is 53.6 Å². The first-order valence-corrected chi connectivity index (χ1v) is 10.1. The van der Waals surface area contributed by atoms with Crippen LogP contribution in [0.5, 0.6) is 5.75 Å². The minimum atomic E-state index is -0.204. The van der Waals surface area contributed by atoms with Gasteiger partial charge in [0.15, 0.2) is 6.61 Å². The first kappa shape index (κ1) is 19.4. The Hall–Kier alpha value is -2.96. The Morgan fingerprint density at radius 1 is 1.14 bits per heavy atom. The zero-order valence-electron chi connectivity index (χ0n) is 16.8. The van der Waals surface area contributed by atoms with E-state index in [2.05, 4.69) is 15.3 Å². The van der Waals surface area contributed by atoms with Gasteiger partial charge < -0.3 is 15.0 Å². The molecule has 1 N–H and O–H groups in total. The first-order chi connectivity index (χ1) is 14.0. The molecule has 4 rings (SSSR count). The van der Waals surface area contributed by atoms with E-state index in [9.17, 15) is 9.59 Å². The van der Waals surface area contributed by atoms with Gasteiger partial charge in [0, 0.05) is 24.3 Å². The largest absolute Gasteiger partial charge is 0.484 e. The van der Waals surface area contributed by atoms with Crippen molar-refractivity contribution in [2.24, 2.45) is 0 Å². The third-order valence-electron chi connectivity index (χ3n) is 5.72. The molecule has 2 aliphatic rings. The molecule has 2 bridgehead atoms. The number of fused-ring (bicyclic) bond motifs is 2. The van der Waals surface area contributed by atoms with Crippen molar-refractivity contribution in [2.75, 3.05) is 6.61 Å². The van der Waals surface area contributed by atoms with E-state index in [4.69, 9.17) is 4.74 Å². The second-order valence-corrected chi connectivity index (χ2v) is 7.98. The minimum Gasteiger partial charge on any atom is -0.484 e. The predicted molar refractivity (Wildman–Crippen MR) is 108 cm³/mol. The molecule has 0 saturated carbocycles. The van der Waals surface area contributed by atoms with E-state index >= 15 is 0 Å². The quantitative estimate of drug-likeness (QED) is 0.842. The number of nitrogens with one attached hydrogen (secondary N) is 1. The predicted octanol–water partition coefficient (Wildman–Crippen LogP) is 2.42. The van der Waals surface area contributed by atoms with Crippen molar-refractivity contribution >= 4 is 11.8 Å². The third-order valence-corrected chi connectivity index (χ3v) is 5.72. The molecule has 1 aromatic carbocycles. The first-order valence-electron chi connectivity index (χ1n) is 10.1. The molecule has 0 radical (unpaired) electrons. The van der Waals surface area contributed by atoms with E-state index in [1.807, 2.05) is 43.0 Å². The van der Waals surface area contributed by atoms with Crippen molar-refractivity contribution in [2.45, 2.75) is 57.7 Å². The molecule has 3 heterocycles. The molecule has 0 aliphatic carbocycles. The van der Waals surface area contributed by atoms with E-state index in [0.29, 0.717) is 11.4 Å². The maximum atomic E-state index is 12.8. The van der Waals surface area contributed by atoms with E-state index in [-0.39, 0.29) is 36.5 Å². The van der Waals surface area contributed by atoms with Crippen LogP contribution in [0.3, 0.4) is 0 Å². The number of ether oxygens (including phenoxy) is 1. The van der Waals surface area contributed by atoms with Crippen LogP contribution in [0, 0.1) is 13.8 Å². The molecule has 1 aromatic heterocycles. The summed E-state index contributed by atoms with van der Waals surface area (Å²) in [5.74, 6) is 0.532. The summed E-state index contributed by atoms with van der Waals surface area (Å²) in [7, 11) is 0. The minimum absolute atomic E-state index is 0.0215. The molecule has 152 valence electrons. The standard InChI is InChI=1S/C22H26N4O3/c1-14-4-3-5-19(8-14)29-13-21(27)26-17-6-7-18(26)10-16(9-17)25-22(28)20-12-23-15(2)11-24-20/h3-5,8,11-12,16-18H,6-7,9-10,13H2,1-2H3,(H,25,28)/t16?,17-,18+. The number of rotatable bonds is 5. The SMILES string of the molecule is Cc1cccc(OCC(=O)N2[C@@H]3CC[C@H]2CC(NC(=O)c2cnc(C)cn2)C3)c1. The lowest BCUT2D eigenvalue weighted by Gasteiger charge is -2.39. The highest BCUT2D eigenvalue weighted by Crippen LogP contribution is 2.36. The van der Waals surface area contributed by atoms with Gasteiger partial charge in [-0.05, 0) is 57.2 Å². The number of carbonyl (C=O) groups excluding carboxylic acids is 2. The number of hydrogen-bond acceptors (Lipinski definition) is 5. The lowest BCUT2D eigenvalue weighted by Crippen LogP contribution is -2.53. The van der Waals surface area contributed by atoms with Gasteiger partial charge in [0.25, 0.3) is 11.8 Å². The van der Waals surface area contributed by atoms with Crippen LogP contribution in [0.1, 0.15) is 47.4 Å². The molecular weight excluding hydrogens is 368 g/mol. The maximum Gasteiger partial charge on any atom is 0.271 e. The monoisotopic (exact) mass is 394 g/mol. The molecule has 1 unspecified atom stereocenters. The number of aryl methyl sites for hydroxylation is 2. The summed E-state index contributed by atoms with van der Waals surface area (Å²) in [6.07, 6.45) is 6.55. The smallest absolute Gasteiger partial charge is 0.271 e. The van der Waals surface area contributed by atoms with Crippen LogP contribution in [0.25, 0.3) is 0 Å². The molecule has 2 fully saturated rings. The summed E-state index contributed by atoms with van der Waals surface area (Å²) >= 11 is 0. The summed E-state index contributed by atoms with van der Waals surface area (Å²) in [6.45, 7) is 3.88. The topological polar surface area (TPSA) is 84.4 Å². The molecule has 7 nitrogen and oxygen atoms in total. The van der Waals surface area contributed by atoms with Crippen molar-refractivity contribution in [1.29, 1.82) is 0 Å². The fourth-order valence-corrected chi connectivity index (χ4v) is 4.40. The molecule has 7 heteroatoms. The molecule has 2 aliphatic heterocycles. The normalized spacial score (nSPS) is 23.0. The third kappa shape index (κ3) is 4.39. The highest BCUT2D eigenvalue weighted by molar-refractivity contribution is 5.92. The fraction of sp³-hybridized carbons (Fsp3) is 0.455. The van der Waals surface area contributed by atoms with Crippen LogP contribution in [0.15, 0.2) is 36.7 Å². The van der Waals surface area contributed by atoms with Gasteiger partial charge >= 0.3 is 0 Å². The van der Waals surface area contributed by atoms with E-state index in [0.717, 1.165) is 36.9 Å². The Kier molecular flexibility index (Phi) is 5.47. The maximum absolute atomic E-state index is 12.8. The number of amides is 2. The van der Waals surface area contributed by atoms with Crippen LogP contribution >= 0.6 is 0 Å². The van der Waals surface area contributed by atoms with Gasteiger partial charge in [-0.2, -0.15) is 0 Å². The second kappa shape index (κ2) is 8.19. The van der Waals surface area contributed by atoms with Gasteiger partial charge in [0.05, 0.1) is 11.9 Å². The molecule has 0 spiro atoms. The fourth-order valence-electron chi connectivity index (χ4n) is 4.40. The summed E-state index contributed by atoms with van der Waals surface area (Å²) in [6, 6.07) is 8.06. The molecule has 2 saturated heterocycles. The number of piperidine rings is 1. The van der Waals surface area contributed by atoms with Gasteiger partial charge in [-0.15, -0.1) is 0 Å². The number of benzene rings is 1. The van der Waals surface area contributed by atoms with Crippen molar-refractivity contribution < 1.29 is 14.3 Å². The van der Waals surface area contributed by atoms with Crippen molar-refractivity contribution in [1.82, 2.24) is 20.2 Å². The average Bonchev–Trinajstić information content (AvgIpc) is 2.97. The number of aromatic nitrogens is 2. The Bertz CT molecular complexity index is 885. The summed E-state index contributed by atoms with van der Waals surface area (Å²) in [5.41, 5.74) is 2.21.